The van der Waals surface area contributed by atoms with E-state index in [1.165, 1.54) is 0 Å². The van der Waals surface area contributed by atoms with E-state index in [0.29, 0.717) is 23.0 Å². The highest BCUT2D eigenvalue weighted by Gasteiger charge is 2.63. The van der Waals surface area contributed by atoms with Crippen LogP contribution in [-0.2, 0) is 0 Å². The zero-order valence-electron chi connectivity index (χ0n) is 8.41. The zero-order chi connectivity index (χ0) is 9.85. The van der Waals surface area contributed by atoms with Crippen LogP contribution < -0.4 is 0 Å². The Morgan fingerprint density at radius 1 is 1.31 bits per heavy atom. The summed E-state index contributed by atoms with van der Waals surface area (Å²) in [6.07, 6.45) is 1.49. The van der Waals surface area contributed by atoms with E-state index in [4.69, 9.17) is 5.21 Å². The van der Waals surface area contributed by atoms with Gasteiger partial charge in [-0.1, -0.05) is 19.0 Å². The molecule has 0 bridgehead atoms. The topological polar surface area (TPSA) is 52.8 Å². The van der Waals surface area contributed by atoms with Crippen molar-refractivity contribution in [2.24, 2.45) is 22.4 Å². The van der Waals surface area contributed by atoms with E-state index < -0.39 is 5.60 Å². The van der Waals surface area contributed by atoms with E-state index in [9.17, 15) is 5.11 Å². The lowest BCUT2D eigenvalue weighted by atomic mass is 9.85. The molecule has 13 heavy (non-hydrogen) atoms. The third kappa shape index (κ3) is 1.10. The Balaban J connectivity index is 2.22. The smallest absolute Gasteiger partial charge is 0.103 e. The fourth-order valence-corrected chi connectivity index (χ4v) is 2.79. The van der Waals surface area contributed by atoms with Crippen molar-refractivity contribution in [2.45, 2.75) is 39.2 Å². The third-order valence-electron chi connectivity index (χ3n) is 4.06. The molecule has 0 aromatic heterocycles. The fourth-order valence-electron chi connectivity index (χ4n) is 2.79. The summed E-state index contributed by atoms with van der Waals surface area (Å²) >= 11 is 0. The molecule has 0 heterocycles. The van der Waals surface area contributed by atoms with E-state index in [-0.39, 0.29) is 0 Å². The summed E-state index contributed by atoms with van der Waals surface area (Å²) in [6, 6.07) is 0. The number of rotatable bonds is 0. The van der Waals surface area contributed by atoms with Gasteiger partial charge in [-0.25, -0.2) is 0 Å². The van der Waals surface area contributed by atoms with Gasteiger partial charge in [0, 0.05) is 0 Å². The number of oxime groups is 1. The molecule has 2 saturated carbocycles. The van der Waals surface area contributed by atoms with Gasteiger partial charge in [-0.3, -0.25) is 0 Å². The van der Waals surface area contributed by atoms with Gasteiger partial charge in [0.15, 0.2) is 0 Å². The molecule has 0 radical (unpaired) electrons. The molecule has 0 amide bonds. The lowest BCUT2D eigenvalue weighted by Crippen LogP contribution is -2.39. The van der Waals surface area contributed by atoms with Crippen molar-refractivity contribution in [1.82, 2.24) is 0 Å². The normalized spacial score (nSPS) is 50.3. The second kappa shape index (κ2) is 2.27. The molecule has 3 nitrogen and oxygen atoms in total. The number of hydrogen-bond acceptors (Lipinski definition) is 3. The van der Waals surface area contributed by atoms with Gasteiger partial charge in [0.25, 0.3) is 0 Å². The van der Waals surface area contributed by atoms with E-state index in [0.717, 1.165) is 12.8 Å². The van der Waals surface area contributed by atoms with Crippen molar-refractivity contribution in [1.29, 1.82) is 0 Å². The molecule has 74 valence electrons. The summed E-state index contributed by atoms with van der Waals surface area (Å²) in [4.78, 5) is 0. The quantitative estimate of drug-likeness (QED) is 0.443. The lowest BCUT2D eigenvalue weighted by molar-refractivity contribution is 0.0971. The fraction of sp³-hybridized carbons (Fsp3) is 0.900. The molecule has 3 heteroatoms. The van der Waals surface area contributed by atoms with Crippen molar-refractivity contribution >= 4 is 5.71 Å². The Morgan fingerprint density at radius 2 is 1.92 bits per heavy atom. The minimum absolute atomic E-state index is 0.330. The van der Waals surface area contributed by atoms with Crippen LogP contribution in [0.15, 0.2) is 5.16 Å². The van der Waals surface area contributed by atoms with Gasteiger partial charge in [0.1, 0.15) is 5.60 Å². The molecule has 2 fully saturated rings. The van der Waals surface area contributed by atoms with Crippen LogP contribution in [0.25, 0.3) is 0 Å². The summed E-state index contributed by atoms with van der Waals surface area (Å²) in [5.41, 5.74) is -0.000509. The zero-order valence-corrected chi connectivity index (χ0v) is 8.41. The van der Waals surface area contributed by atoms with Gasteiger partial charge >= 0.3 is 0 Å². The van der Waals surface area contributed by atoms with Gasteiger partial charge < -0.3 is 10.3 Å². The first kappa shape index (κ1) is 9.00. The Bertz CT molecular complexity index is 268. The highest BCUT2D eigenvalue weighted by Crippen LogP contribution is 2.65. The third-order valence-corrected chi connectivity index (χ3v) is 4.06. The molecule has 2 rings (SSSR count). The summed E-state index contributed by atoms with van der Waals surface area (Å²) in [5.74, 6) is 1.21. The monoisotopic (exact) mass is 183 g/mol. The van der Waals surface area contributed by atoms with Crippen LogP contribution in [0.4, 0.5) is 0 Å². The van der Waals surface area contributed by atoms with Crippen molar-refractivity contribution < 1.29 is 10.3 Å². The summed E-state index contributed by atoms with van der Waals surface area (Å²) in [6.45, 7) is 6.18. The van der Waals surface area contributed by atoms with E-state index in [2.05, 4.69) is 19.0 Å². The Morgan fingerprint density at radius 3 is 2.46 bits per heavy atom. The molecule has 0 aromatic rings. The van der Waals surface area contributed by atoms with Crippen LogP contribution in [0.5, 0.6) is 0 Å². The van der Waals surface area contributed by atoms with E-state index >= 15 is 0 Å². The molecule has 2 aliphatic rings. The largest absolute Gasteiger partial charge is 0.411 e. The number of aliphatic hydroxyl groups is 1. The van der Waals surface area contributed by atoms with Crippen molar-refractivity contribution in [3.05, 3.63) is 0 Å². The molecule has 2 N–H and O–H groups in total. The predicted octanol–water partition coefficient (Wildman–Crippen LogP) is 1.63. The standard InChI is InChI=1S/C10H17NO2/c1-9(2)6-4-8(11-13)10(3,12)5-7(6)9/h6-7,12-13H,4-5H2,1-3H3/b11-8+/t6-,7+,10+/m0/s1. The highest BCUT2D eigenvalue weighted by molar-refractivity contribution is 5.93. The molecular formula is C10H17NO2. The van der Waals surface area contributed by atoms with Gasteiger partial charge in [0.05, 0.1) is 5.71 Å². The molecule has 2 aliphatic carbocycles. The van der Waals surface area contributed by atoms with Gasteiger partial charge in [-0.05, 0) is 37.0 Å². The van der Waals surface area contributed by atoms with Crippen LogP contribution in [0.1, 0.15) is 33.6 Å². The van der Waals surface area contributed by atoms with Crippen LogP contribution in [0, 0.1) is 17.3 Å². The first-order valence-electron chi connectivity index (χ1n) is 4.83. The maximum atomic E-state index is 9.97. The van der Waals surface area contributed by atoms with E-state index in [1.54, 1.807) is 6.92 Å². The first-order chi connectivity index (χ1) is 5.89. The van der Waals surface area contributed by atoms with Gasteiger partial charge in [-0.2, -0.15) is 0 Å². The molecule has 0 spiro atoms. The van der Waals surface area contributed by atoms with Gasteiger partial charge in [0.2, 0.25) is 0 Å². The minimum Gasteiger partial charge on any atom is -0.411 e. The van der Waals surface area contributed by atoms with E-state index in [1.807, 2.05) is 0 Å². The Hall–Kier alpha value is -0.570. The first-order valence-corrected chi connectivity index (χ1v) is 4.83. The molecule has 0 aromatic carbocycles. The summed E-state index contributed by atoms with van der Waals surface area (Å²) in [5, 5.41) is 21.9. The predicted molar refractivity (Wildman–Crippen MR) is 49.8 cm³/mol. The van der Waals surface area contributed by atoms with Crippen LogP contribution in [0.2, 0.25) is 0 Å². The molecule has 0 saturated heterocycles. The molecular weight excluding hydrogens is 166 g/mol. The second-order valence-electron chi connectivity index (χ2n) is 5.26. The maximum absolute atomic E-state index is 9.97. The highest BCUT2D eigenvalue weighted by atomic mass is 16.4. The van der Waals surface area contributed by atoms with Crippen molar-refractivity contribution in [3.8, 4) is 0 Å². The number of nitrogens with zero attached hydrogens (tertiary/aromatic N) is 1. The minimum atomic E-state index is -0.885. The number of fused-ring (bicyclic) bond motifs is 1. The summed E-state index contributed by atoms with van der Waals surface area (Å²) < 4.78 is 0. The molecule has 3 atom stereocenters. The molecule has 0 unspecified atom stereocenters. The molecule has 0 aliphatic heterocycles. The van der Waals surface area contributed by atoms with Crippen LogP contribution in [0.3, 0.4) is 0 Å². The lowest BCUT2D eigenvalue weighted by Gasteiger charge is -2.27. The van der Waals surface area contributed by atoms with Crippen LogP contribution in [-0.4, -0.2) is 21.6 Å². The SMILES string of the molecule is CC1(C)[C@@H]2C[C@@](C)(O)/C(=N/O)C[C@@H]21. The van der Waals surface area contributed by atoms with Crippen molar-refractivity contribution in [3.63, 3.8) is 0 Å². The average molecular weight is 183 g/mol. The Kier molecular flexibility index (Phi) is 1.57. The Labute approximate surface area is 78.4 Å². The maximum Gasteiger partial charge on any atom is 0.103 e. The van der Waals surface area contributed by atoms with Crippen LogP contribution >= 0.6 is 0 Å². The number of hydrogen-bond donors (Lipinski definition) is 2. The van der Waals surface area contributed by atoms with Crippen molar-refractivity contribution in [2.75, 3.05) is 0 Å². The van der Waals surface area contributed by atoms with Gasteiger partial charge in [-0.15, -0.1) is 0 Å². The summed E-state index contributed by atoms with van der Waals surface area (Å²) in [7, 11) is 0. The second-order valence-corrected chi connectivity index (χ2v) is 5.26. The average Bonchev–Trinajstić information content (AvgIpc) is 2.50.